The summed E-state index contributed by atoms with van der Waals surface area (Å²) in [4.78, 5) is 10.7. The second kappa shape index (κ2) is 6.29. The molecule has 2 aromatic carbocycles. The van der Waals surface area contributed by atoms with Crippen molar-refractivity contribution in [2.45, 2.75) is 58.3 Å². The normalized spacial score (nSPS) is 18.5. The van der Waals surface area contributed by atoms with E-state index in [1.165, 1.54) is 35.1 Å². The molecular weight excluding hydrogens is 304 g/mol. The predicted molar refractivity (Wildman–Crippen MR) is 107 cm³/mol. The summed E-state index contributed by atoms with van der Waals surface area (Å²) in [6.45, 7) is 11.6. The molecule has 0 spiro atoms. The van der Waals surface area contributed by atoms with Crippen LogP contribution in [0.3, 0.4) is 0 Å². The summed E-state index contributed by atoms with van der Waals surface area (Å²) < 4.78 is 0. The minimum Gasteiger partial charge on any atom is -0.285 e. The maximum absolute atomic E-state index is 10.7. The van der Waals surface area contributed by atoms with Crippen LogP contribution in [-0.4, -0.2) is 6.29 Å². The van der Waals surface area contributed by atoms with Crippen LogP contribution in [0.2, 0.25) is 0 Å². The lowest BCUT2D eigenvalue weighted by Gasteiger charge is -2.42. The van der Waals surface area contributed by atoms with Crippen LogP contribution in [0, 0.1) is 0 Å². The Kier molecular flexibility index (Phi) is 4.45. The van der Waals surface area contributed by atoms with Crippen LogP contribution in [0.4, 0.5) is 0 Å². The monoisotopic (exact) mass is 331 g/mol. The Balaban J connectivity index is 2.00. The highest BCUT2D eigenvalue weighted by Crippen LogP contribution is 2.46. The Morgan fingerprint density at radius 3 is 2.12 bits per heavy atom. The van der Waals surface area contributed by atoms with Crippen molar-refractivity contribution in [2.75, 3.05) is 0 Å². The highest BCUT2D eigenvalue weighted by molar-refractivity contribution is 5.82. The van der Waals surface area contributed by atoms with Crippen LogP contribution >= 0.6 is 0 Å². The van der Waals surface area contributed by atoms with Gasteiger partial charge in [-0.15, -0.1) is 0 Å². The zero-order valence-electron chi connectivity index (χ0n) is 15.9. The molecule has 0 saturated carbocycles. The third kappa shape index (κ3) is 3.46. The van der Waals surface area contributed by atoms with Gasteiger partial charge in [-0.2, -0.15) is 0 Å². The number of carbonyl (C=O) groups excluding carboxylic acids is 1. The fourth-order valence-electron chi connectivity index (χ4n) is 3.81. The van der Waals surface area contributed by atoms with E-state index in [-0.39, 0.29) is 10.8 Å². The molecule has 0 saturated heterocycles. The molecule has 0 aliphatic heterocycles. The maximum atomic E-state index is 10.7. The first-order valence-corrected chi connectivity index (χ1v) is 9.05. The van der Waals surface area contributed by atoms with Crippen molar-refractivity contribution in [3.63, 3.8) is 0 Å². The zero-order chi connectivity index (χ0) is 18.2. The lowest BCUT2D eigenvalue weighted by molar-refractivity contribution is 0.332. The first-order valence-electron chi connectivity index (χ1n) is 9.05. The van der Waals surface area contributed by atoms with Crippen molar-refractivity contribution in [3.05, 3.63) is 70.3 Å². The van der Waals surface area contributed by atoms with Crippen molar-refractivity contribution in [1.82, 2.24) is 0 Å². The van der Waals surface area contributed by atoms with E-state index in [4.69, 9.17) is 0 Å². The summed E-state index contributed by atoms with van der Waals surface area (Å²) in [6.07, 6.45) is 6.56. The number of hydrogen-bond acceptors (Lipinski definition) is 1. The lowest BCUT2D eigenvalue weighted by atomic mass is 9.63. The number of benzene rings is 2. The van der Waals surface area contributed by atoms with E-state index in [1.54, 1.807) is 0 Å². The molecule has 129 valence electrons. The van der Waals surface area contributed by atoms with Crippen molar-refractivity contribution in [2.24, 2.45) is 0 Å². The van der Waals surface area contributed by atoms with Gasteiger partial charge in [-0.25, -0.2) is 0 Å². The number of fused-ring (bicyclic) bond motifs is 1. The molecule has 1 aliphatic rings. The molecule has 1 heteroatoms. The summed E-state index contributed by atoms with van der Waals surface area (Å²) in [5.74, 6) is 0. The van der Waals surface area contributed by atoms with E-state index in [0.29, 0.717) is 5.56 Å². The molecule has 0 unspecified atom stereocenters. The van der Waals surface area contributed by atoms with Gasteiger partial charge in [0.1, 0.15) is 0 Å². The van der Waals surface area contributed by atoms with Gasteiger partial charge in [0, 0.05) is 5.56 Å². The van der Waals surface area contributed by atoms with E-state index in [2.05, 4.69) is 58.9 Å². The summed E-state index contributed by atoms with van der Waals surface area (Å²) in [5.41, 5.74) is 7.66. The SMILES string of the molecule is CC(=Cc1ccc([C]=O)cc1)c1ccc2c(c1)C(C)(C)CCC2(C)C. The predicted octanol–water partition coefficient (Wildman–Crippen LogP) is 6.05. The summed E-state index contributed by atoms with van der Waals surface area (Å²) in [7, 11) is 0. The fourth-order valence-corrected chi connectivity index (χ4v) is 3.81. The van der Waals surface area contributed by atoms with Crippen molar-refractivity contribution in [1.29, 1.82) is 0 Å². The molecule has 0 amide bonds. The molecule has 1 aliphatic carbocycles. The molecule has 0 fully saturated rings. The molecule has 0 heterocycles. The molecule has 0 atom stereocenters. The molecule has 2 aromatic rings. The van der Waals surface area contributed by atoms with E-state index in [1.807, 2.05) is 30.6 Å². The summed E-state index contributed by atoms with van der Waals surface area (Å²) >= 11 is 0. The molecular formula is C24H27O. The Labute approximate surface area is 151 Å². The second-order valence-corrected chi connectivity index (χ2v) is 8.58. The van der Waals surface area contributed by atoms with Gasteiger partial charge in [0.2, 0.25) is 6.29 Å². The Hall–Kier alpha value is -2.15. The van der Waals surface area contributed by atoms with Gasteiger partial charge in [-0.05, 0) is 58.4 Å². The standard InChI is InChI=1S/C24H27O/c1-17(14-18-6-8-19(16-25)9-7-18)20-10-11-21-22(15-20)24(4,5)13-12-23(21,2)3/h6-11,14-15H,12-13H2,1-5H3. The highest BCUT2D eigenvalue weighted by atomic mass is 16.1. The highest BCUT2D eigenvalue weighted by Gasteiger charge is 2.36. The number of allylic oxidation sites excluding steroid dienone is 1. The molecule has 0 aromatic heterocycles. The Morgan fingerprint density at radius 2 is 1.52 bits per heavy atom. The maximum Gasteiger partial charge on any atom is 0.233 e. The summed E-state index contributed by atoms with van der Waals surface area (Å²) in [6, 6.07) is 14.5. The molecule has 1 nitrogen and oxygen atoms in total. The zero-order valence-corrected chi connectivity index (χ0v) is 15.9. The third-order valence-electron chi connectivity index (χ3n) is 5.72. The van der Waals surface area contributed by atoms with Crippen LogP contribution in [0.25, 0.3) is 11.6 Å². The van der Waals surface area contributed by atoms with Crippen molar-refractivity contribution >= 4 is 17.9 Å². The summed E-state index contributed by atoms with van der Waals surface area (Å²) in [5, 5.41) is 0. The molecule has 1 radical (unpaired) electrons. The quantitative estimate of drug-likeness (QED) is 0.625. The van der Waals surface area contributed by atoms with Gasteiger partial charge in [0.05, 0.1) is 0 Å². The lowest BCUT2D eigenvalue weighted by Crippen LogP contribution is -2.33. The largest absolute Gasteiger partial charge is 0.285 e. The number of hydrogen-bond donors (Lipinski definition) is 0. The molecule has 0 N–H and O–H groups in total. The van der Waals surface area contributed by atoms with Gasteiger partial charge in [-0.3, -0.25) is 4.79 Å². The molecule has 25 heavy (non-hydrogen) atoms. The van der Waals surface area contributed by atoms with Crippen LogP contribution in [0.15, 0.2) is 42.5 Å². The van der Waals surface area contributed by atoms with Crippen LogP contribution < -0.4 is 0 Å². The fraction of sp³-hybridized carbons (Fsp3) is 0.375. The third-order valence-corrected chi connectivity index (χ3v) is 5.72. The van der Waals surface area contributed by atoms with E-state index >= 15 is 0 Å². The van der Waals surface area contributed by atoms with Gasteiger partial charge in [-0.1, -0.05) is 76.2 Å². The average Bonchev–Trinajstić information content (AvgIpc) is 2.59. The van der Waals surface area contributed by atoms with Gasteiger partial charge < -0.3 is 0 Å². The number of rotatable bonds is 3. The average molecular weight is 331 g/mol. The minimum absolute atomic E-state index is 0.225. The molecule has 3 rings (SSSR count). The second-order valence-electron chi connectivity index (χ2n) is 8.58. The van der Waals surface area contributed by atoms with E-state index < -0.39 is 0 Å². The van der Waals surface area contributed by atoms with Gasteiger partial charge >= 0.3 is 0 Å². The van der Waals surface area contributed by atoms with E-state index in [0.717, 1.165) is 5.56 Å². The van der Waals surface area contributed by atoms with Crippen LogP contribution in [-0.2, 0) is 15.6 Å². The van der Waals surface area contributed by atoms with Crippen LogP contribution in [0.1, 0.15) is 75.3 Å². The van der Waals surface area contributed by atoms with Gasteiger partial charge in [0.15, 0.2) is 0 Å². The minimum atomic E-state index is 0.225. The van der Waals surface area contributed by atoms with Crippen molar-refractivity contribution < 1.29 is 4.79 Å². The molecule has 0 bridgehead atoms. The Bertz CT molecular complexity index is 820. The van der Waals surface area contributed by atoms with Crippen LogP contribution in [0.5, 0.6) is 0 Å². The smallest absolute Gasteiger partial charge is 0.233 e. The Morgan fingerprint density at radius 1 is 0.920 bits per heavy atom. The van der Waals surface area contributed by atoms with E-state index in [9.17, 15) is 4.79 Å². The van der Waals surface area contributed by atoms with Gasteiger partial charge in [0.25, 0.3) is 0 Å². The van der Waals surface area contributed by atoms with Crippen molar-refractivity contribution in [3.8, 4) is 0 Å². The first-order chi connectivity index (χ1) is 11.7. The first kappa shape index (κ1) is 17.7. The topological polar surface area (TPSA) is 17.1 Å².